The smallest absolute Gasteiger partial charge is 0.261 e. The predicted molar refractivity (Wildman–Crippen MR) is 99.4 cm³/mol. The molecule has 0 aliphatic rings. The molecule has 0 radical (unpaired) electrons. The van der Waals surface area contributed by atoms with Gasteiger partial charge in [0.25, 0.3) is 11.5 Å². The van der Waals surface area contributed by atoms with Gasteiger partial charge in [0.1, 0.15) is 10.6 Å². The highest BCUT2D eigenvalue weighted by molar-refractivity contribution is 7.20. The van der Waals surface area contributed by atoms with Crippen LogP contribution < -0.4 is 16.2 Å². The van der Waals surface area contributed by atoms with Gasteiger partial charge in [0.15, 0.2) is 0 Å². The molecule has 130 valence electrons. The lowest BCUT2D eigenvalue weighted by molar-refractivity contribution is 0.0957. The fourth-order valence-electron chi connectivity index (χ4n) is 2.45. The molecule has 0 spiro atoms. The van der Waals surface area contributed by atoms with Crippen LogP contribution in [0.5, 0.6) is 0 Å². The number of hydrogen-bond acceptors (Lipinski definition) is 6. The van der Waals surface area contributed by atoms with E-state index in [2.05, 4.69) is 25.6 Å². The second kappa shape index (κ2) is 7.43. The largest absolute Gasteiger partial charge is 0.370 e. The van der Waals surface area contributed by atoms with Crippen LogP contribution in [0, 0.1) is 13.8 Å². The minimum atomic E-state index is -0.215. The van der Waals surface area contributed by atoms with Crippen molar-refractivity contribution in [3.63, 3.8) is 0 Å². The van der Waals surface area contributed by atoms with E-state index in [1.807, 2.05) is 25.3 Å². The highest BCUT2D eigenvalue weighted by atomic mass is 32.1. The molecular weight excluding hydrogens is 338 g/mol. The average Bonchev–Trinajstić information content (AvgIpc) is 2.94. The summed E-state index contributed by atoms with van der Waals surface area (Å²) in [7, 11) is 0. The quantitative estimate of drug-likeness (QED) is 0.588. The van der Waals surface area contributed by atoms with Gasteiger partial charge in [-0.05, 0) is 37.5 Å². The van der Waals surface area contributed by atoms with Crippen LogP contribution in [0.1, 0.15) is 27.2 Å². The Labute approximate surface area is 148 Å². The number of H-pyrrole nitrogens is 1. The number of aromatic amines is 1. The summed E-state index contributed by atoms with van der Waals surface area (Å²) in [5, 5.41) is 6.59. The molecule has 7 nitrogen and oxygen atoms in total. The number of amides is 1. The average molecular weight is 357 g/mol. The zero-order valence-corrected chi connectivity index (χ0v) is 14.9. The van der Waals surface area contributed by atoms with Crippen molar-refractivity contribution in [1.82, 2.24) is 20.3 Å². The van der Waals surface area contributed by atoms with Crippen molar-refractivity contribution < 1.29 is 4.79 Å². The maximum atomic E-state index is 12.3. The molecule has 0 saturated carbocycles. The molecule has 1 amide bonds. The Balaban J connectivity index is 1.53. The summed E-state index contributed by atoms with van der Waals surface area (Å²) in [4.78, 5) is 36.2. The Morgan fingerprint density at radius 2 is 2.08 bits per heavy atom. The standard InChI is InChI=1S/C17H19N5O2S/c1-10-4-5-12(20-8-10)18-6-3-7-19-16(24)14-11(2)13-15(23)21-9-22-17(13)25-14/h4-5,8-9H,3,6-7H2,1-2H3,(H,18,20)(H,19,24)(H,21,22,23). The molecule has 0 fully saturated rings. The molecule has 0 bridgehead atoms. The Morgan fingerprint density at radius 3 is 2.80 bits per heavy atom. The molecule has 3 aromatic heterocycles. The number of pyridine rings is 1. The molecule has 3 N–H and O–H groups in total. The number of aryl methyl sites for hydroxylation is 2. The van der Waals surface area contributed by atoms with Gasteiger partial charge in [0, 0.05) is 19.3 Å². The maximum Gasteiger partial charge on any atom is 0.261 e. The fraction of sp³-hybridized carbons (Fsp3) is 0.294. The fourth-order valence-corrected chi connectivity index (χ4v) is 3.52. The number of carbonyl (C=O) groups excluding carboxylic acids is 1. The Hall–Kier alpha value is -2.74. The highest BCUT2D eigenvalue weighted by Gasteiger charge is 2.17. The van der Waals surface area contributed by atoms with Crippen molar-refractivity contribution in [3.8, 4) is 0 Å². The lowest BCUT2D eigenvalue weighted by Gasteiger charge is -2.07. The van der Waals surface area contributed by atoms with Crippen LogP contribution in [-0.2, 0) is 0 Å². The maximum absolute atomic E-state index is 12.3. The van der Waals surface area contributed by atoms with Gasteiger partial charge in [-0.3, -0.25) is 9.59 Å². The van der Waals surface area contributed by atoms with Crippen LogP contribution in [0.25, 0.3) is 10.2 Å². The van der Waals surface area contributed by atoms with Gasteiger partial charge >= 0.3 is 0 Å². The van der Waals surface area contributed by atoms with E-state index in [0.29, 0.717) is 33.7 Å². The van der Waals surface area contributed by atoms with Gasteiger partial charge in [-0.2, -0.15) is 0 Å². The molecular formula is C17H19N5O2S. The van der Waals surface area contributed by atoms with E-state index in [4.69, 9.17) is 0 Å². The number of carbonyl (C=O) groups is 1. The Morgan fingerprint density at radius 1 is 1.24 bits per heavy atom. The molecule has 3 heterocycles. The zero-order valence-electron chi connectivity index (χ0n) is 14.0. The van der Waals surface area contributed by atoms with Gasteiger partial charge in [0.05, 0.1) is 16.6 Å². The van der Waals surface area contributed by atoms with Crippen molar-refractivity contribution in [2.45, 2.75) is 20.3 Å². The minimum Gasteiger partial charge on any atom is -0.370 e. The molecule has 0 saturated heterocycles. The van der Waals surface area contributed by atoms with E-state index in [9.17, 15) is 9.59 Å². The number of nitrogens with one attached hydrogen (secondary N) is 3. The summed E-state index contributed by atoms with van der Waals surface area (Å²) in [5.41, 5.74) is 1.58. The van der Waals surface area contributed by atoms with Crippen molar-refractivity contribution in [2.24, 2.45) is 0 Å². The lowest BCUT2D eigenvalue weighted by Crippen LogP contribution is -2.25. The molecule has 0 aliphatic heterocycles. The summed E-state index contributed by atoms with van der Waals surface area (Å²) >= 11 is 1.24. The second-order valence-corrected chi connectivity index (χ2v) is 6.72. The number of nitrogens with zero attached hydrogens (tertiary/aromatic N) is 2. The third kappa shape index (κ3) is 3.85. The molecule has 0 aliphatic carbocycles. The number of anilines is 1. The summed E-state index contributed by atoms with van der Waals surface area (Å²) < 4.78 is 0. The summed E-state index contributed by atoms with van der Waals surface area (Å²) in [5.74, 6) is 0.649. The molecule has 25 heavy (non-hydrogen) atoms. The Bertz CT molecular complexity index is 946. The SMILES string of the molecule is Cc1ccc(NCCCNC(=O)c2sc3nc[nH]c(=O)c3c2C)nc1. The monoisotopic (exact) mass is 357 g/mol. The van der Waals surface area contributed by atoms with Crippen LogP contribution in [0.3, 0.4) is 0 Å². The first-order valence-corrected chi connectivity index (χ1v) is 8.79. The first-order valence-electron chi connectivity index (χ1n) is 7.98. The number of rotatable bonds is 6. The predicted octanol–water partition coefficient (Wildman–Crippen LogP) is 2.23. The van der Waals surface area contributed by atoms with Gasteiger partial charge in [-0.25, -0.2) is 9.97 Å². The summed E-state index contributed by atoms with van der Waals surface area (Å²) in [6.45, 7) is 5.01. The van der Waals surface area contributed by atoms with Crippen LogP contribution in [0.2, 0.25) is 0 Å². The van der Waals surface area contributed by atoms with Crippen molar-refractivity contribution in [2.75, 3.05) is 18.4 Å². The van der Waals surface area contributed by atoms with E-state index in [1.165, 1.54) is 17.7 Å². The van der Waals surface area contributed by atoms with E-state index < -0.39 is 0 Å². The second-order valence-electron chi connectivity index (χ2n) is 5.73. The van der Waals surface area contributed by atoms with Crippen molar-refractivity contribution >= 4 is 33.3 Å². The van der Waals surface area contributed by atoms with Crippen molar-refractivity contribution in [1.29, 1.82) is 0 Å². The molecule has 0 atom stereocenters. The summed E-state index contributed by atoms with van der Waals surface area (Å²) in [6.07, 6.45) is 3.93. The zero-order chi connectivity index (χ0) is 17.8. The molecule has 3 aromatic rings. The molecule has 0 unspecified atom stereocenters. The van der Waals surface area contributed by atoms with Crippen LogP contribution in [0.15, 0.2) is 29.5 Å². The van der Waals surface area contributed by atoms with E-state index in [0.717, 1.165) is 17.8 Å². The third-order valence-corrected chi connectivity index (χ3v) is 4.99. The molecule has 0 aromatic carbocycles. The van der Waals surface area contributed by atoms with Gasteiger partial charge in [0.2, 0.25) is 0 Å². The number of aromatic nitrogens is 3. The first kappa shape index (κ1) is 17.1. The topological polar surface area (TPSA) is 99.8 Å². The van der Waals surface area contributed by atoms with Crippen LogP contribution in [0.4, 0.5) is 5.82 Å². The van der Waals surface area contributed by atoms with E-state index >= 15 is 0 Å². The normalized spacial score (nSPS) is 10.8. The van der Waals surface area contributed by atoms with Gasteiger partial charge < -0.3 is 15.6 Å². The highest BCUT2D eigenvalue weighted by Crippen LogP contribution is 2.26. The number of hydrogen-bond donors (Lipinski definition) is 3. The summed E-state index contributed by atoms with van der Waals surface area (Å²) in [6, 6.07) is 3.93. The van der Waals surface area contributed by atoms with Gasteiger partial charge in [-0.15, -0.1) is 11.3 Å². The van der Waals surface area contributed by atoms with Gasteiger partial charge in [-0.1, -0.05) is 6.07 Å². The first-order chi connectivity index (χ1) is 12.1. The Kier molecular flexibility index (Phi) is 5.08. The van der Waals surface area contributed by atoms with Crippen LogP contribution >= 0.6 is 11.3 Å². The molecule has 8 heteroatoms. The van der Waals surface area contributed by atoms with E-state index in [-0.39, 0.29) is 11.5 Å². The minimum absolute atomic E-state index is 0.173. The van der Waals surface area contributed by atoms with Crippen LogP contribution in [-0.4, -0.2) is 33.9 Å². The third-order valence-electron chi connectivity index (χ3n) is 3.80. The lowest BCUT2D eigenvalue weighted by atomic mass is 10.2. The number of thiophene rings is 1. The number of fused-ring (bicyclic) bond motifs is 1. The van der Waals surface area contributed by atoms with Crippen molar-refractivity contribution in [3.05, 3.63) is 51.0 Å². The molecule has 3 rings (SSSR count). The van der Waals surface area contributed by atoms with E-state index in [1.54, 1.807) is 6.92 Å².